The van der Waals surface area contributed by atoms with Gasteiger partial charge in [0, 0.05) is 32.7 Å². The monoisotopic (exact) mass is 185 g/mol. The third-order valence-corrected chi connectivity index (χ3v) is 2.29. The van der Waals surface area contributed by atoms with Crippen molar-refractivity contribution < 1.29 is 4.79 Å². The third-order valence-electron chi connectivity index (χ3n) is 2.29. The van der Waals surface area contributed by atoms with Gasteiger partial charge in [0.15, 0.2) is 0 Å². The lowest BCUT2D eigenvalue weighted by Gasteiger charge is -2.35. The van der Waals surface area contributed by atoms with Gasteiger partial charge in [0.2, 0.25) is 0 Å². The number of carbonyl (C=O) groups is 1. The summed E-state index contributed by atoms with van der Waals surface area (Å²) in [5.41, 5.74) is 5.43. The van der Waals surface area contributed by atoms with Crippen molar-refractivity contribution in [2.24, 2.45) is 5.73 Å². The summed E-state index contributed by atoms with van der Waals surface area (Å²) in [5, 5.41) is 0. The van der Waals surface area contributed by atoms with Gasteiger partial charge in [0.25, 0.3) is 0 Å². The molecular formula is C9H19N3O. The van der Waals surface area contributed by atoms with Crippen molar-refractivity contribution in [1.29, 1.82) is 0 Å². The van der Waals surface area contributed by atoms with Crippen LogP contribution in [0.1, 0.15) is 19.8 Å². The number of amides is 2. The van der Waals surface area contributed by atoms with Gasteiger partial charge in [0.05, 0.1) is 0 Å². The van der Waals surface area contributed by atoms with Crippen molar-refractivity contribution in [3.8, 4) is 0 Å². The zero-order valence-corrected chi connectivity index (χ0v) is 8.33. The number of urea groups is 1. The summed E-state index contributed by atoms with van der Waals surface area (Å²) >= 11 is 0. The summed E-state index contributed by atoms with van der Waals surface area (Å²) < 4.78 is 0. The molecule has 0 aromatic heterocycles. The SMILES string of the molecule is CCCN1CCCN(CCN)C1=O. The van der Waals surface area contributed by atoms with Crippen LogP contribution in [0.4, 0.5) is 4.79 Å². The quantitative estimate of drug-likeness (QED) is 0.692. The molecule has 0 spiro atoms. The van der Waals surface area contributed by atoms with E-state index in [-0.39, 0.29) is 6.03 Å². The van der Waals surface area contributed by atoms with Gasteiger partial charge in [0.1, 0.15) is 0 Å². The lowest BCUT2D eigenvalue weighted by Crippen LogP contribution is -2.50. The van der Waals surface area contributed by atoms with Gasteiger partial charge in [-0.1, -0.05) is 6.92 Å². The highest BCUT2D eigenvalue weighted by Crippen LogP contribution is 2.08. The van der Waals surface area contributed by atoms with E-state index in [1.54, 1.807) is 0 Å². The molecule has 76 valence electrons. The van der Waals surface area contributed by atoms with Gasteiger partial charge in [-0.2, -0.15) is 0 Å². The Labute approximate surface area is 79.7 Å². The molecule has 1 aliphatic heterocycles. The molecule has 2 amide bonds. The second kappa shape index (κ2) is 5.07. The first-order valence-electron chi connectivity index (χ1n) is 5.03. The highest BCUT2D eigenvalue weighted by atomic mass is 16.2. The Bertz CT molecular complexity index is 152. The van der Waals surface area contributed by atoms with E-state index in [2.05, 4.69) is 6.92 Å². The number of rotatable bonds is 4. The highest BCUT2D eigenvalue weighted by Gasteiger charge is 2.23. The number of hydrogen-bond donors (Lipinski definition) is 1. The van der Waals surface area contributed by atoms with Gasteiger partial charge in [-0.3, -0.25) is 0 Å². The van der Waals surface area contributed by atoms with E-state index in [4.69, 9.17) is 5.73 Å². The fourth-order valence-electron chi connectivity index (χ4n) is 1.68. The zero-order valence-electron chi connectivity index (χ0n) is 8.33. The van der Waals surface area contributed by atoms with Gasteiger partial charge in [-0.05, 0) is 12.8 Å². The van der Waals surface area contributed by atoms with Crippen molar-refractivity contribution in [1.82, 2.24) is 9.80 Å². The Balaban J connectivity index is 2.45. The van der Waals surface area contributed by atoms with Gasteiger partial charge in [-0.15, -0.1) is 0 Å². The summed E-state index contributed by atoms with van der Waals surface area (Å²) in [6.07, 6.45) is 2.11. The van der Waals surface area contributed by atoms with Crippen LogP contribution in [0.5, 0.6) is 0 Å². The van der Waals surface area contributed by atoms with E-state index < -0.39 is 0 Å². The molecule has 1 fully saturated rings. The Kier molecular flexibility index (Phi) is 4.02. The summed E-state index contributed by atoms with van der Waals surface area (Å²) in [7, 11) is 0. The minimum Gasteiger partial charge on any atom is -0.329 e. The Morgan fingerprint density at radius 3 is 2.46 bits per heavy atom. The molecule has 0 aliphatic carbocycles. The Hall–Kier alpha value is -0.770. The zero-order chi connectivity index (χ0) is 9.68. The largest absolute Gasteiger partial charge is 0.329 e. The maximum absolute atomic E-state index is 11.7. The predicted molar refractivity (Wildman–Crippen MR) is 52.5 cm³/mol. The van der Waals surface area contributed by atoms with E-state index in [9.17, 15) is 4.79 Å². The van der Waals surface area contributed by atoms with Crippen LogP contribution in [0.2, 0.25) is 0 Å². The number of carbonyl (C=O) groups excluding carboxylic acids is 1. The molecule has 1 saturated heterocycles. The summed E-state index contributed by atoms with van der Waals surface area (Å²) in [6.45, 7) is 6.00. The van der Waals surface area contributed by atoms with E-state index in [0.717, 1.165) is 32.5 Å². The standard InChI is InChI=1S/C9H19N3O/c1-2-5-11-6-3-7-12(8-4-10)9(11)13/h2-8,10H2,1H3. The van der Waals surface area contributed by atoms with Crippen molar-refractivity contribution >= 4 is 6.03 Å². The molecule has 0 aromatic carbocycles. The smallest absolute Gasteiger partial charge is 0.320 e. The lowest BCUT2D eigenvalue weighted by molar-refractivity contribution is 0.131. The molecule has 0 saturated carbocycles. The van der Waals surface area contributed by atoms with Crippen molar-refractivity contribution in [2.75, 3.05) is 32.7 Å². The lowest BCUT2D eigenvalue weighted by atomic mass is 10.2. The second-order valence-corrected chi connectivity index (χ2v) is 3.40. The van der Waals surface area contributed by atoms with Crippen LogP contribution in [0.25, 0.3) is 0 Å². The molecule has 4 heteroatoms. The highest BCUT2D eigenvalue weighted by molar-refractivity contribution is 5.75. The molecular weight excluding hydrogens is 166 g/mol. The third kappa shape index (κ3) is 2.59. The fraction of sp³-hybridized carbons (Fsp3) is 0.889. The average Bonchev–Trinajstić information content (AvgIpc) is 2.13. The minimum atomic E-state index is 0.165. The molecule has 0 aromatic rings. The first kappa shape index (κ1) is 10.3. The van der Waals surface area contributed by atoms with E-state index in [0.29, 0.717) is 13.1 Å². The maximum Gasteiger partial charge on any atom is 0.320 e. The first-order valence-corrected chi connectivity index (χ1v) is 5.03. The molecule has 13 heavy (non-hydrogen) atoms. The van der Waals surface area contributed by atoms with Crippen molar-refractivity contribution in [3.63, 3.8) is 0 Å². The number of hydrogen-bond acceptors (Lipinski definition) is 2. The molecule has 0 radical (unpaired) electrons. The molecule has 1 rings (SSSR count). The first-order chi connectivity index (χ1) is 6.29. The van der Waals surface area contributed by atoms with Gasteiger partial charge >= 0.3 is 6.03 Å². The predicted octanol–water partition coefficient (Wildman–Crippen LogP) is 0.483. The maximum atomic E-state index is 11.7. The van der Waals surface area contributed by atoms with Crippen LogP contribution in [-0.4, -0.2) is 48.6 Å². The molecule has 1 aliphatic rings. The molecule has 1 heterocycles. The van der Waals surface area contributed by atoms with Crippen LogP contribution in [0.3, 0.4) is 0 Å². The van der Waals surface area contributed by atoms with Crippen LogP contribution in [0, 0.1) is 0 Å². The number of nitrogens with zero attached hydrogens (tertiary/aromatic N) is 2. The van der Waals surface area contributed by atoms with Crippen molar-refractivity contribution in [2.45, 2.75) is 19.8 Å². The Morgan fingerprint density at radius 2 is 1.92 bits per heavy atom. The molecule has 0 unspecified atom stereocenters. The van der Waals surface area contributed by atoms with Gasteiger partial charge < -0.3 is 15.5 Å². The van der Waals surface area contributed by atoms with Crippen LogP contribution in [-0.2, 0) is 0 Å². The minimum absolute atomic E-state index is 0.165. The topological polar surface area (TPSA) is 49.6 Å². The van der Waals surface area contributed by atoms with E-state index >= 15 is 0 Å². The molecule has 0 atom stereocenters. The summed E-state index contributed by atoms with van der Waals surface area (Å²) in [5.74, 6) is 0. The van der Waals surface area contributed by atoms with Gasteiger partial charge in [-0.25, -0.2) is 4.79 Å². The van der Waals surface area contributed by atoms with E-state index in [1.165, 1.54) is 0 Å². The molecule has 0 bridgehead atoms. The van der Waals surface area contributed by atoms with Crippen LogP contribution in [0.15, 0.2) is 0 Å². The Morgan fingerprint density at radius 1 is 1.31 bits per heavy atom. The summed E-state index contributed by atoms with van der Waals surface area (Å²) in [6, 6.07) is 0.165. The summed E-state index contributed by atoms with van der Waals surface area (Å²) in [4.78, 5) is 15.5. The normalized spacial score (nSPS) is 18.2. The number of nitrogens with two attached hydrogens (primary N) is 1. The van der Waals surface area contributed by atoms with Crippen molar-refractivity contribution in [3.05, 3.63) is 0 Å². The van der Waals surface area contributed by atoms with Crippen LogP contribution >= 0.6 is 0 Å². The second-order valence-electron chi connectivity index (χ2n) is 3.40. The van der Waals surface area contributed by atoms with E-state index in [1.807, 2.05) is 9.80 Å². The molecule has 2 N–H and O–H groups in total. The van der Waals surface area contributed by atoms with Crippen LogP contribution < -0.4 is 5.73 Å². The fourth-order valence-corrected chi connectivity index (χ4v) is 1.68. The molecule has 4 nitrogen and oxygen atoms in total. The average molecular weight is 185 g/mol.